The number of nitriles is 2. The molecule has 0 radical (unpaired) electrons. The van der Waals surface area contributed by atoms with Gasteiger partial charge in [-0.3, -0.25) is 0 Å². The number of phenols is 1. The lowest BCUT2D eigenvalue weighted by atomic mass is 10.1. The van der Waals surface area contributed by atoms with E-state index >= 15 is 0 Å². The zero-order valence-corrected chi connectivity index (χ0v) is 16.2. The molecule has 0 spiro atoms. The molecule has 0 aromatic heterocycles. The highest BCUT2D eigenvalue weighted by Gasteiger charge is 2.23. The SMILES string of the molecule is C=C(C)C(=O)Oc1c(C#N)cccc1Oc1ccc(O)c(C#N)c1OC(=O)C(=C)C. The molecule has 150 valence electrons. The molecule has 2 rings (SSSR count). The Balaban J connectivity index is 2.60. The Morgan fingerprint density at radius 2 is 1.47 bits per heavy atom. The van der Waals surface area contributed by atoms with Crippen molar-refractivity contribution in [3.05, 3.63) is 65.8 Å². The molecule has 0 saturated heterocycles. The number of carbonyl (C=O) groups excluding carboxylic acids is 2. The second-order valence-electron chi connectivity index (χ2n) is 6.09. The van der Waals surface area contributed by atoms with Crippen LogP contribution in [0.2, 0.25) is 0 Å². The summed E-state index contributed by atoms with van der Waals surface area (Å²) >= 11 is 0. The molecular formula is C22H16N2O6. The number of hydrogen-bond acceptors (Lipinski definition) is 8. The molecule has 0 saturated carbocycles. The molecule has 0 atom stereocenters. The van der Waals surface area contributed by atoms with Gasteiger partial charge in [-0.25, -0.2) is 9.59 Å². The summed E-state index contributed by atoms with van der Waals surface area (Å²) in [6.07, 6.45) is 0. The molecule has 8 nitrogen and oxygen atoms in total. The van der Waals surface area contributed by atoms with Gasteiger partial charge in [-0.05, 0) is 38.1 Å². The average molecular weight is 404 g/mol. The van der Waals surface area contributed by atoms with Crippen LogP contribution in [0.4, 0.5) is 0 Å². The first-order valence-electron chi connectivity index (χ1n) is 8.42. The summed E-state index contributed by atoms with van der Waals surface area (Å²) in [5.74, 6) is -2.80. The van der Waals surface area contributed by atoms with Crippen molar-refractivity contribution in [2.24, 2.45) is 0 Å². The highest BCUT2D eigenvalue weighted by molar-refractivity contribution is 5.90. The van der Waals surface area contributed by atoms with Crippen LogP contribution in [0.3, 0.4) is 0 Å². The molecule has 1 N–H and O–H groups in total. The van der Waals surface area contributed by atoms with E-state index in [9.17, 15) is 25.2 Å². The van der Waals surface area contributed by atoms with Gasteiger partial charge in [0.25, 0.3) is 0 Å². The van der Waals surface area contributed by atoms with Crippen molar-refractivity contribution in [2.45, 2.75) is 13.8 Å². The van der Waals surface area contributed by atoms with Crippen molar-refractivity contribution in [2.75, 3.05) is 0 Å². The zero-order valence-electron chi connectivity index (χ0n) is 16.2. The molecule has 0 aliphatic heterocycles. The molecule has 0 bridgehead atoms. The Morgan fingerprint density at radius 1 is 0.900 bits per heavy atom. The minimum atomic E-state index is -0.846. The molecular weight excluding hydrogens is 388 g/mol. The smallest absolute Gasteiger partial charge is 0.338 e. The van der Waals surface area contributed by atoms with E-state index in [1.54, 1.807) is 6.07 Å². The number of para-hydroxylation sites is 1. The molecule has 30 heavy (non-hydrogen) atoms. The summed E-state index contributed by atoms with van der Waals surface area (Å²) in [4.78, 5) is 24.0. The fourth-order valence-electron chi connectivity index (χ4n) is 2.11. The third kappa shape index (κ3) is 4.64. The second kappa shape index (κ2) is 9.09. The van der Waals surface area contributed by atoms with E-state index in [2.05, 4.69) is 13.2 Å². The average Bonchev–Trinajstić information content (AvgIpc) is 2.70. The van der Waals surface area contributed by atoms with Crippen LogP contribution in [0, 0.1) is 22.7 Å². The predicted molar refractivity (Wildman–Crippen MR) is 105 cm³/mol. The Bertz CT molecular complexity index is 1150. The van der Waals surface area contributed by atoms with Crippen molar-refractivity contribution in [3.8, 4) is 40.9 Å². The largest absolute Gasteiger partial charge is 0.506 e. The molecule has 0 aliphatic rings. The molecule has 0 aliphatic carbocycles. The Morgan fingerprint density at radius 3 is 2.00 bits per heavy atom. The van der Waals surface area contributed by atoms with Gasteiger partial charge in [-0.1, -0.05) is 19.2 Å². The van der Waals surface area contributed by atoms with Gasteiger partial charge in [-0.2, -0.15) is 10.5 Å². The van der Waals surface area contributed by atoms with Crippen LogP contribution in [0.1, 0.15) is 25.0 Å². The number of aromatic hydroxyl groups is 1. The quantitative estimate of drug-likeness (QED) is 0.436. The zero-order chi connectivity index (χ0) is 22.4. The second-order valence-corrected chi connectivity index (χ2v) is 6.09. The van der Waals surface area contributed by atoms with E-state index in [1.807, 2.05) is 6.07 Å². The number of carbonyl (C=O) groups is 2. The van der Waals surface area contributed by atoms with Gasteiger partial charge in [0, 0.05) is 11.1 Å². The van der Waals surface area contributed by atoms with Gasteiger partial charge in [-0.15, -0.1) is 0 Å². The third-order valence-electron chi connectivity index (χ3n) is 3.62. The monoisotopic (exact) mass is 404 g/mol. The maximum absolute atomic E-state index is 12.0. The fourth-order valence-corrected chi connectivity index (χ4v) is 2.11. The fraction of sp³-hybridized carbons (Fsp3) is 0.0909. The standard InChI is InChI=1S/C22H16N2O6/c1-12(2)21(26)29-19-14(10-23)6-5-7-17(19)28-18-9-8-16(25)15(11-24)20(18)30-22(27)13(3)4/h5-9,25H,1,3H2,2,4H3. The van der Waals surface area contributed by atoms with Crippen molar-refractivity contribution >= 4 is 11.9 Å². The molecule has 8 heteroatoms. The summed E-state index contributed by atoms with van der Waals surface area (Å²) in [5, 5.41) is 28.6. The Labute approximate surface area is 172 Å². The number of hydrogen-bond donors (Lipinski definition) is 1. The Hall–Kier alpha value is -4.56. The normalized spacial score (nSPS) is 9.60. The van der Waals surface area contributed by atoms with Crippen LogP contribution in [0.25, 0.3) is 0 Å². The predicted octanol–water partition coefficient (Wildman–Crippen LogP) is 3.89. The van der Waals surface area contributed by atoms with Gasteiger partial charge in [0.2, 0.25) is 0 Å². The maximum atomic E-state index is 12.0. The van der Waals surface area contributed by atoms with Crippen molar-refractivity contribution < 1.29 is 28.9 Å². The van der Waals surface area contributed by atoms with Gasteiger partial charge in [0.05, 0.1) is 5.56 Å². The van der Waals surface area contributed by atoms with E-state index in [0.29, 0.717) is 0 Å². The lowest BCUT2D eigenvalue weighted by Crippen LogP contribution is -2.11. The number of nitrogens with zero attached hydrogens (tertiary/aromatic N) is 2. The Kier molecular flexibility index (Phi) is 6.58. The van der Waals surface area contributed by atoms with Crippen LogP contribution < -0.4 is 14.2 Å². The topological polar surface area (TPSA) is 130 Å². The number of esters is 2. The molecule has 2 aromatic rings. The van der Waals surface area contributed by atoms with Crippen molar-refractivity contribution in [1.82, 2.24) is 0 Å². The van der Waals surface area contributed by atoms with Crippen molar-refractivity contribution in [1.29, 1.82) is 10.5 Å². The van der Waals surface area contributed by atoms with Crippen LogP contribution >= 0.6 is 0 Å². The van der Waals surface area contributed by atoms with Gasteiger partial charge < -0.3 is 19.3 Å². The molecule has 0 heterocycles. The molecule has 2 aromatic carbocycles. The maximum Gasteiger partial charge on any atom is 0.338 e. The minimum absolute atomic E-state index is 0.00173. The van der Waals surface area contributed by atoms with Gasteiger partial charge >= 0.3 is 11.9 Å². The van der Waals surface area contributed by atoms with E-state index in [4.69, 9.17) is 14.2 Å². The van der Waals surface area contributed by atoms with E-state index in [1.165, 1.54) is 44.2 Å². The molecule has 0 unspecified atom stereocenters. The lowest BCUT2D eigenvalue weighted by Gasteiger charge is -2.16. The number of benzene rings is 2. The molecule has 0 amide bonds. The van der Waals surface area contributed by atoms with Gasteiger partial charge in [0.15, 0.2) is 23.0 Å². The summed E-state index contributed by atoms with van der Waals surface area (Å²) in [5.41, 5.74) is -0.196. The van der Waals surface area contributed by atoms with Crippen LogP contribution in [0.5, 0.6) is 28.7 Å². The van der Waals surface area contributed by atoms with Crippen LogP contribution in [-0.2, 0) is 9.59 Å². The third-order valence-corrected chi connectivity index (χ3v) is 3.62. The highest BCUT2D eigenvalue weighted by Crippen LogP contribution is 2.42. The number of rotatable bonds is 6. The summed E-state index contributed by atoms with van der Waals surface area (Å²) in [6.45, 7) is 9.80. The number of ether oxygens (including phenoxy) is 3. The van der Waals surface area contributed by atoms with E-state index < -0.39 is 17.7 Å². The highest BCUT2D eigenvalue weighted by atomic mass is 16.6. The minimum Gasteiger partial charge on any atom is -0.506 e. The first-order chi connectivity index (χ1) is 14.2. The van der Waals surface area contributed by atoms with E-state index in [0.717, 1.165) is 0 Å². The van der Waals surface area contributed by atoms with E-state index in [-0.39, 0.29) is 45.3 Å². The summed E-state index contributed by atoms with van der Waals surface area (Å²) < 4.78 is 16.1. The van der Waals surface area contributed by atoms with Gasteiger partial charge in [0.1, 0.15) is 23.5 Å². The molecule has 0 fully saturated rings. The lowest BCUT2D eigenvalue weighted by molar-refractivity contribution is -0.130. The first-order valence-corrected chi connectivity index (χ1v) is 8.42. The number of phenolic OH excluding ortho intramolecular Hbond substituents is 1. The summed E-state index contributed by atoms with van der Waals surface area (Å²) in [6, 6.07) is 10.3. The van der Waals surface area contributed by atoms with Crippen molar-refractivity contribution in [3.63, 3.8) is 0 Å². The summed E-state index contributed by atoms with van der Waals surface area (Å²) in [7, 11) is 0. The first kappa shape index (κ1) is 21.7. The van der Waals surface area contributed by atoms with Crippen LogP contribution in [0.15, 0.2) is 54.6 Å². The van der Waals surface area contributed by atoms with Crippen LogP contribution in [-0.4, -0.2) is 17.0 Å².